The summed E-state index contributed by atoms with van der Waals surface area (Å²) in [4.78, 5) is 2.41. The van der Waals surface area contributed by atoms with Gasteiger partial charge in [0, 0.05) is 18.7 Å². The van der Waals surface area contributed by atoms with Gasteiger partial charge in [-0.2, -0.15) is 0 Å². The van der Waals surface area contributed by atoms with Crippen molar-refractivity contribution in [2.24, 2.45) is 11.7 Å². The lowest BCUT2D eigenvalue weighted by Crippen LogP contribution is -2.28. The summed E-state index contributed by atoms with van der Waals surface area (Å²) in [7, 11) is 0. The quantitative estimate of drug-likeness (QED) is 0.622. The van der Waals surface area contributed by atoms with Gasteiger partial charge in [-0.3, -0.25) is 5.41 Å². The van der Waals surface area contributed by atoms with Crippen LogP contribution in [-0.4, -0.2) is 18.9 Å². The molecule has 0 aromatic heterocycles. The monoisotopic (exact) mass is 245 g/mol. The molecule has 18 heavy (non-hydrogen) atoms. The molecule has 1 aromatic carbocycles. The third kappa shape index (κ3) is 2.66. The number of para-hydroxylation sites is 1. The molecule has 2 rings (SSSR count). The highest BCUT2D eigenvalue weighted by Gasteiger charge is 2.19. The Bertz CT molecular complexity index is 439. The molecule has 1 unspecified atom stereocenters. The first-order chi connectivity index (χ1) is 8.59. The first-order valence-electron chi connectivity index (χ1n) is 6.78. The average molecular weight is 245 g/mol. The summed E-state index contributed by atoms with van der Waals surface area (Å²) in [6, 6.07) is 6.05. The lowest BCUT2D eigenvalue weighted by atomic mass is 10.0. The van der Waals surface area contributed by atoms with Crippen molar-refractivity contribution in [3.05, 3.63) is 29.3 Å². The Labute approximate surface area is 109 Å². The molecule has 1 heterocycles. The fraction of sp³-hybridized carbons (Fsp3) is 0.533. The molecule has 98 valence electrons. The SMILES string of the molecule is Cc1cccc(C(=N)N)c1N1CCCC(C)CC1. The van der Waals surface area contributed by atoms with E-state index in [-0.39, 0.29) is 5.84 Å². The van der Waals surface area contributed by atoms with E-state index in [1.165, 1.54) is 30.5 Å². The van der Waals surface area contributed by atoms with Gasteiger partial charge in [-0.25, -0.2) is 0 Å². The van der Waals surface area contributed by atoms with Crippen LogP contribution in [0.3, 0.4) is 0 Å². The van der Waals surface area contributed by atoms with Gasteiger partial charge >= 0.3 is 0 Å². The smallest absolute Gasteiger partial charge is 0.124 e. The maximum absolute atomic E-state index is 7.74. The van der Waals surface area contributed by atoms with E-state index in [0.717, 1.165) is 24.6 Å². The predicted octanol–water partition coefficient (Wildman–Crippen LogP) is 2.91. The third-order valence-corrected chi connectivity index (χ3v) is 3.86. The first-order valence-corrected chi connectivity index (χ1v) is 6.78. The van der Waals surface area contributed by atoms with Crippen LogP contribution in [0.1, 0.15) is 37.3 Å². The van der Waals surface area contributed by atoms with Crippen LogP contribution in [0.25, 0.3) is 0 Å². The van der Waals surface area contributed by atoms with E-state index >= 15 is 0 Å². The number of hydrogen-bond acceptors (Lipinski definition) is 2. The van der Waals surface area contributed by atoms with Crippen LogP contribution in [0, 0.1) is 18.3 Å². The molecule has 1 aromatic rings. The van der Waals surface area contributed by atoms with E-state index in [9.17, 15) is 0 Å². The average Bonchev–Trinajstić information content (AvgIpc) is 2.53. The molecule has 0 spiro atoms. The largest absolute Gasteiger partial charge is 0.384 e. The number of anilines is 1. The zero-order valence-corrected chi connectivity index (χ0v) is 11.4. The number of hydrogen-bond donors (Lipinski definition) is 2. The second-order valence-corrected chi connectivity index (χ2v) is 5.41. The Morgan fingerprint density at radius 2 is 2.11 bits per heavy atom. The zero-order valence-electron chi connectivity index (χ0n) is 11.4. The maximum atomic E-state index is 7.74. The molecule has 3 N–H and O–H groups in total. The molecule has 0 radical (unpaired) electrons. The van der Waals surface area contributed by atoms with Crippen molar-refractivity contribution in [1.29, 1.82) is 5.41 Å². The Balaban J connectivity index is 2.34. The minimum atomic E-state index is 0.172. The number of nitrogens with two attached hydrogens (primary N) is 1. The van der Waals surface area contributed by atoms with Crippen molar-refractivity contribution in [2.45, 2.75) is 33.1 Å². The second-order valence-electron chi connectivity index (χ2n) is 5.41. The summed E-state index contributed by atoms with van der Waals surface area (Å²) in [6.45, 7) is 6.59. The van der Waals surface area contributed by atoms with E-state index in [1.807, 2.05) is 12.1 Å². The molecular formula is C15H23N3. The topological polar surface area (TPSA) is 53.1 Å². The van der Waals surface area contributed by atoms with Crippen LogP contribution in [-0.2, 0) is 0 Å². The Hall–Kier alpha value is -1.51. The predicted molar refractivity (Wildman–Crippen MR) is 77.4 cm³/mol. The minimum Gasteiger partial charge on any atom is -0.384 e. The van der Waals surface area contributed by atoms with E-state index in [4.69, 9.17) is 11.1 Å². The molecule has 1 fully saturated rings. The molecule has 0 bridgehead atoms. The second kappa shape index (κ2) is 5.42. The van der Waals surface area contributed by atoms with Gasteiger partial charge in [-0.05, 0) is 43.7 Å². The van der Waals surface area contributed by atoms with Crippen molar-refractivity contribution < 1.29 is 0 Å². The van der Waals surface area contributed by atoms with E-state index in [2.05, 4.69) is 24.8 Å². The first kappa shape index (κ1) is 12.9. The molecule has 1 aliphatic heterocycles. The Morgan fingerprint density at radius 3 is 2.83 bits per heavy atom. The Kier molecular flexibility index (Phi) is 3.90. The van der Waals surface area contributed by atoms with Crippen LogP contribution in [0.5, 0.6) is 0 Å². The number of aryl methyl sites for hydroxylation is 1. The summed E-state index contributed by atoms with van der Waals surface area (Å²) in [5, 5.41) is 7.74. The highest BCUT2D eigenvalue weighted by atomic mass is 15.1. The molecule has 3 nitrogen and oxygen atoms in total. The number of nitrogen functional groups attached to an aromatic ring is 1. The van der Waals surface area contributed by atoms with Gasteiger partial charge in [0.25, 0.3) is 0 Å². The maximum Gasteiger partial charge on any atom is 0.124 e. The van der Waals surface area contributed by atoms with Crippen LogP contribution in [0.4, 0.5) is 5.69 Å². The van der Waals surface area contributed by atoms with E-state index in [1.54, 1.807) is 0 Å². The normalized spacial score (nSPS) is 20.6. The standard InChI is InChI=1S/C15H23N3/c1-11-5-4-9-18(10-8-11)14-12(2)6-3-7-13(14)15(16)17/h3,6-7,11H,4-5,8-10H2,1-2H3,(H3,16,17). The number of nitrogens with zero attached hydrogens (tertiary/aromatic N) is 1. The molecule has 0 saturated carbocycles. The highest BCUT2D eigenvalue weighted by molar-refractivity contribution is 6.01. The number of rotatable bonds is 2. The molecular weight excluding hydrogens is 222 g/mol. The van der Waals surface area contributed by atoms with Crippen LogP contribution < -0.4 is 10.6 Å². The number of benzene rings is 1. The summed E-state index contributed by atoms with van der Waals surface area (Å²) < 4.78 is 0. The van der Waals surface area contributed by atoms with E-state index < -0.39 is 0 Å². The molecule has 0 amide bonds. The van der Waals surface area contributed by atoms with Gasteiger partial charge in [-0.15, -0.1) is 0 Å². The highest BCUT2D eigenvalue weighted by Crippen LogP contribution is 2.28. The van der Waals surface area contributed by atoms with Crippen molar-refractivity contribution >= 4 is 11.5 Å². The summed E-state index contributed by atoms with van der Waals surface area (Å²) in [5.74, 6) is 0.978. The van der Waals surface area contributed by atoms with Gasteiger partial charge in [0.05, 0.1) is 5.69 Å². The van der Waals surface area contributed by atoms with Crippen molar-refractivity contribution in [1.82, 2.24) is 0 Å². The molecule has 1 aliphatic rings. The molecule has 1 atom stereocenters. The fourth-order valence-electron chi connectivity index (χ4n) is 2.78. The number of nitrogens with one attached hydrogen (secondary N) is 1. The van der Waals surface area contributed by atoms with Gasteiger partial charge in [0.15, 0.2) is 0 Å². The summed E-state index contributed by atoms with van der Waals surface area (Å²) in [6.07, 6.45) is 3.76. The van der Waals surface area contributed by atoms with Crippen LogP contribution >= 0.6 is 0 Å². The fourth-order valence-corrected chi connectivity index (χ4v) is 2.78. The van der Waals surface area contributed by atoms with E-state index in [0.29, 0.717) is 0 Å². The number of amidine groups is 1. The third-order valence-electron chi connectivity index (χ3n) is 3.86. The van der Waals surface area contributed by atoms with Gasteiger partial charge in [-0.1, -0.05) is 19.1 Å². The lowest BCUT2D eigenvalue weighted by molar-refractivity contribution is 0.521. The summed E-state index contributed by atoms with van der Waals surface area (Å²) in [5.41, 5.74) is 8.98. The molecule has 0 aliphatic carbocycles. The van der Waals surface area contributed by atoms with Gasteiger partial charge < -0.3 is 10.6 Å². The van der Waals surface area contributed by atoms with Crippen molar-refractivity contribution in [3.8, 4) is 0 Å². The lowest BCUT2D eigenvalue weighted by Gasteiger charge is -2.27. The Morgan fingerprint density at radius 1 is 1.33 bits per heavy atom. The molecule has 3 heteroatoms. The zero-order chi connectivity index (χ0) is 13.1. The van der Waals surface area contributed by atoms with Gasteiger partial charge in [0.2, 0.25) is 0 Å². The van der Waals surface area contributed by atoms with Crippen LogP contribution in [0.2, 0.25) is 0 Å². The van der Waals surface area contributed by atoms with Gasteiger partial charge in [0.1, 0.15) is 5.84 Å². The van der Waals surface area contributed by atoms with Crippen molar-refractivity contribution in [3.63, 3.8) is 0 Å². The van der Waals surface area contributed by atoms with Crippen LogP contribution in [0.15, 0.2) is 18.2 Å². The molecule has 1 saturated heterocycles. The minimum absolute atomic E-state index is 0.172. The summed E-state index contributed by atoms with van der Waals surface area (Å²) >= 11 is 0. The van der Waals surface area contributed by atoms with Crippen molar-refractivity contribution in [2.75, 3.05) is 18.0 Å².